The van der Waals surface area contributed by atoms with Crippen LogP contribution in [0.2, 0.25) is 0 Å². The number of nitrogens with zero attached hydrogens (tertiary/aromatic N) is 2. The highest BCUT2D eigenvalue weighted by atomic mass is 32.2. The van der Waals surface area contributed by atoms with Crippen molar-refractivity contribution < 1.29 is 8.42 Å². The summed E-state index contributed by atoms with van der Waals surface area (Å²) in [7, 11) is -0.420. The zero-order valence-electron chi connectivity index (χ0n) is 11.6. The average molecular weight is 311 g/mol. The summed E-state index contributed by atoms with van der Waals surface area (Å²) in [5, 5.41) is 6.03. The van der Waals surface area contributed by atoms with Crippen molar-refractivity contribution in [2.75, 3.05) is 19.4 Å². The number of hydrogen-bond donors (Lipinski definition) is 1. The Morgan fingerprint density at radius 2 is 2.00 bits per heavy atom. The summed E-state index contributed by atoms with van der Waals surface area (Å²) < 4.78 is 25.8. The standard InChI is InChI=1S/C13H17N3O2S2/c1-10(13-14-8-9-19-13)15-11-6-4-5-7-12(11)20(17,18)16(2)3/h4-10,15H,1-3H3. The summed E-state index contributed by atoms with van der Waals surface area (Å²) >= 11 is 1.54. The van der Waals surface area contributed by atoms with E-state index in [2.05, 4.69) is 10.3 Å². The van der Waals surface area contributed by atoms with Crippen molar-refractivity contribution in [3.05, 3.63) is 40.8 Å². The van der Waals surface area contributed by atoms with E-state index in [9.17, 15) is 8.42 Å². The third kappa shape index (κ3) is 3.00. The smallest absolute Gasteiger partial charge is 0.244 e. The monoisotopic (exact) mass is 311 g/mol. The lowest BCUT2D eigenvalue weighted by Gasteiger charge is -2.18. The zero-order valence-corrected chi connectivity index (χ0v) is 13.2. The molecule has 1 atom stereocenters. The molecule has 0 bridgehead atoms. The van der Waals surface area contributed by atoms with Crippen LogP contribution in [0.25, 0.3) is 0 Å². The highest BCUT2D eigenvalue weighted by molar-refractivity contribution is 7.89. The normalized spacial score (nSPS) is 13.4. The summed E-state index contributed by atoms with van der Waals surface area (Å²) in [6, 6.07) is 6.85. The zero-order chi connectivity index (χ0) is 14.8. The van der Waals surface area contributed by atoms with Gasteiger partial charge in [-0.3, -0.25) is 0 Å². The number of rotatable bonds is 5. The van der Waals surface area contributed by atoms with Crippen LogP contribution < -0.4 is 5.32 Å². The van der Waals surface area contributed by atoms with Gasteiger partial charge in [-0.05, 0) is 19.1 Å². The first kappa shape index (κ1) is 15.0. The largest absolute Gasteiger partial charge is 0.375 e. The molecular weight excluding hydrogens is 294 g/mol. The summed E-state index contributed by atoms with van der Waals surface area (Å²) in [4.78, 5) is 4.51. The number of hydrogen-bond acceptors (Lipinski definition) is 5. The second-order valence-electron chi connectivity index (χ2n) is 4.52. The van der Waals surface area contributed by atoms with E-state index in [-0.39, 0.29) is 10.9 Å². The first-order valence-electron chi connectivity index (χ1n) is 6.10. The van der Waals surface area contributed by atoms with Crippen LogP contribution in [-0.4, -0.2) is 31.8 Å². The quantitative estimate of drug-likeness (QED) is 0.922. The van der Waals surface area contributed by atoms with Gasteiger partial charge in [0.2, 0.25) is 10.0 Å². The number of anilines is 1. The minimum absolute atomic E-state index is 0.0477. The van der Waals surface area contributed by atoms with Crippen LogP contribution in [0.15, 0.2) is 40.7 Å². The Labute approximate surface area is 123 Å². The Morgan fingerprint density at radius 1 is 1.30 bits per heavy atom. The number of para-hydroxylation sites is 1. The van der Waals surface area contributed by atoms with Crippen molar-refractivity contribution in [2.24, 2.45) is 0 Å². The molecule has 20 heavy (non-hydrogen) atoms. The number of aromatic nitrogens is 1. The average Bonchev–Trinajstić information content (AvgIpc) is 2.93. The summed E-state index contributed by atoms with van der Waals surface area (Å²) in [5.74, 6) is 0. The molecule has 7 heteroatoms. The fourth-order valence-corrected chi connectivity index (χ4v) is 3.45. The van der Waals surface area contributed by atoms with Crippen LogP contribution in [-0.2, 0) is 10.0 Å². The van der Waals surface area contributed by atoms with E-state index in [1.165, 1.54) is 29.7 Å². The predicted molar refractivity (Wildman–Crippen MR) is 81.5 cm³/mol. The van der Waals surface area contributed by atoms with Crippen LogP contribution in [0.1, 0.15) is 18.0 Å². The molecule has 2 rings (SSSR count). The van der Waals surface area contributed by atoms with E-state index < -0.39 is 10.0 Å². The van der Waals surface area contributed by atoms with Gasteiger partial charge in [0.25, 0.3) is 0 Å². The molecule has 1 N–H and O–H groups in total. The molecule has 0 saturated carbocycles. The first-order valence-corrected chi connectivity index (χ1v) is 8.42. The lowest BCUT2D eigenvalue weighted by atomic mass is 10.2. The van der Waals surface area contributed by atoms with Crippen LogP contribution in [0, 0.1) is 0 Å². The van der Waals surface area contributed by atoms with Crippen molar-refractivity contribution in [1.29, 1.82) is 0 Å². The van der Waals surface area contributed by atoms with Gasteiger partial charge in [-0.1, -0.05) is 12.1 Å². The first-order chi connectivity index (χ1) is 9.43. The predicted octanol–water partition coefficient (Wildman–Crippen LogP) is 2.57. The van der Waals surface area contributed by atoms with Crippen LogP contribution in [0.3, 0.4) is 0 Å². The van der Waals surface area contributed by atoms with Gasteiger partial charge in [-0.2, -0.15) is 0 Å². The number of sulfonamides is 1. The molecule has 0 amide bonds. The molecule has 0 saturated heterocycles. The molecule has 0 aliphatic carbocycles. The molecule has 0 radical (unpaired) electrons. The molecule has 1 aromatic carbocycles. The maximum Gasteiger partial charge on any atom is 0.244 e. The Morgan fingerprint density at radius 3 is 2.60 bits per heavy atom. The second kappa shape index (κ2) is 5.90. The van der Waals surface area contributed by atoms with Gasteiger partial charge in [0, 0.05) is 25.7 Å². The Hall–Kier alpha value is -1.44. The van der Waals surface area contributed by atoms with Crippen molar-refractivity contribution in [1.82, 2.24) is 9.29 Å². The summed E-state index contributed by atoms with van der Waals surface area (Å²) in [6.07, 6.45) is 1.74. The lowest BCUT2D eigenvalue weighted by molar-refractivity contribution is 0.521. The number of benzene rings is 1. The molecule has 5 nitrogen and oxygen atoms in total. The van der Waals surface area contributed by atoms with Gasteiger partial charge >= 0.3 is 0 Å². The number of thiazole rings is 1. The topological polar surface area (TPSA) is 62.3 Å². The van der Waals surface area contributed by atoms with E-state index >= 15 is 0 Å². The maximum atomic E-state index is 12.3. The fraction of sp³-hybridized carbons (Fsp3) is 0.308. The highest BCUT2D eigenvalue weighted by Gasteiger charge is 2.22. The molecule has 0 aliphatic rings. The molecule has 0 spiro atoms. The molecule has 1 heterocycles. The van der Waals surface area contributed by atoms with E-state index in [1.54, 1.807) is 24.4 Å². The van der Waals surface area contributed by atoms with Crippen LogP contribution >= 0.6 is 11.3 Å². The van der Waals surface area contributed by atoms with E-state index in [1.807, 2.05) is 18.4 Å². The minimum Gasteiger partial charge on any atom is -0.375 e. The van der Waals surface area contributed by atoms with Crippen molar-refractivity contribution in [3.63, 3.8) is 0 Å². The van der Waals surface area contributed by atoms with Gasteiger partial charge in [0.15, 0.2) is 0 Å². The van der Waals surface area contributed by atoms with Gasteiger partial charge < -0.3 is 5.32 Å². The highest BCUT2D eigenvalue weighted by Crippen LogP contribution is 2.27. The van der Waals surface area contributed by atoms with Crippen molar-refractivity contribution in [3.8, 4) is 0 Å². The molecule has 1 unspecified atom stereocenters. The Bertz CT molecular complexity index is 667. The van der Waals surface area contributed by atoms with Crippen molar-refractivity contribution >= 4 is 27.0 Å². The summed E-state index contributed by atoms with van der Waals surface area (Å²) in [6.45, 7) is 1.96. The third-order valence-corrected chi connectivity index (χ3v) is 5.67. The molecule has 2 aromatic rings. The third-order valence-electron chi connectivity index (χ3n) is 2.84. The SMILES string of the molecule is CC(Nc1ccccc1S(=O)(=O)N(C)C)c1nccs1. The van der Waals surface area contributed by atoms with E-state index in [0.717, 1.165) is 5.01 Å². The van der Waals surface area contributed by atoms with Crippen LogP contribution in [0.4, 0.5) is 5.69 Å². The van der Waals surface area contributed by atoms with Crippen molar-refractivity contribution in [2.45, 2.75) is 17.9 Å². The minimum atomic E-state index is -3.47. The fourth-order valence-electron chi connectivity index (χ4n) is 1.75. The number of nitrogens with one attached hydrogen (secondary N) is 1. The molecular formula is C13H17N3O2S2. The Kier molecular flexibility index (Phi) is 4.42. The summed E-state index contributed by atoms with van der Waals surface area (Å²) in [5.41, 5.74) is 0.587. The Balaban J connectivity index is 2.34. The van der Waals surface area contributed by atoms with Gasteiger partial charge in [0.1, 0.15) is 9.90 Å². The lowest BCUT2D eigenvalue weighted by Crippen LogP contribution is -2.23. The van der Waals surface area contributed by atoms with E-state index in [4.69, 9.17) is 0 Å². The van der Waals surface area contributed by atoms with E-state index in [0.29, 0.717) is 5.69 Å². The molecule has 108 valence electrons. The molecule has 1 aromatic heterocycles. The van der Waals surface area contributed by atoms with Gasteiger partial charge in [-0.15, -0.1) is 11.3 Å². The van der Waals surface area contributed by atoms with Gasteiger partial charge in [-0.25, -0.2) is 17.7 Å². The molecule has 0 aliphatic heterocycles. The maximum absolute atomic E-state index is 12.3. The second-order valence-corrected chi connectivity index (χ2v) is 7.57. The van der Waals surface area contributed by atoms with Crippen LogP contribution in [0.5, 0.6) is 0 Å². The molecule has 0 fully saturated rings. The van der Waals surface area contributed by atoms with Gasteiger partial charge in [0.05, 0.1) is 11.7 Å².